The quantitative estimate of drug-likeness (QED) is 0.852. The van der Waals surface area contributed by atoms with Gasteiger partial charge in [0.15, 0.2) is 0 Å². The van der Waals surface area contributed by atoms with E-state index in [1.54, 1.807) is 0 Å². The molecule has 0 aliphatic carbocycles. The van der Waals surface area contributed by atoms with Gasteiger partial charge in [-0.1, -0.05) is 6.92 Å². The maximum absolute atomic E-state index is 5.81. The number of hydrogen-bond acceptors (Lipinski definition) is 2. The summed E-state index contributed by atoms with van der Waals surface area (Å²) in [6, 6.07) is 3.92. The number of pyridine rings is 1. The second-order valence-corrected chi connectivity index (χ2v) is 4.13. The second kappa shape index (κ2) is 4.35. The van der Waals surface area contributed by atoms with Crippen molar-refractivity contribution in [2.75, 3.05) is 0 Å². The van der Waals surface area contributed by atoms with Crippen molar-refractivity contribution < 1.29 is 0 Å². The number of halogens is 2. The fraction of sp³-hybridized carbons (Fsp3) is 0.375. The van der Waals surface area contributed by atoms with Crippen LogP contribution in [0.25, 0.3) is 0 Å². The molecule has 1 atom stereocenters. The summed E-state index contributed by atoms with van der Waals surface area (Å²) in [5.41, 5.74) is 6.74. The lowest BCUT2D eigenvalue weighted by atomic mass is 10.1. The summed E-state index contributed by atoms with van der Waals surface area (Å²) in [4.78, 5) is 4.29. The van der Waals surface area contributed by atoms with E-state index < -0.39 is 0 Å². The van der Waals surface area contributed by atoms with E-state index in [1.165, 1.54) is 0 Å². The van der Waals surface area contributed by atoms with E-state index in [2.05, 4.69) is 36.8 Å². The number of nitrogens with zero attached hydrogens (tertiary/aromatic N) is 1. The van der Waals surface area contributed by atoms with Crippen LogP contribution in [0.1, 0.15) is 25.1 Å². The molecule has 1 rings (SSSR count). The molecular formula is C8H10Br2N2. The smallest absolute Gasteiger partial charge is 0.120 e. The van der Waals surface area contributed by atoms with Crippen molar-refractivity contribution >= 4 is 31.9 Å². The zero-order valence-electron chi connectivity index (χ0n) is 6.72. The summed E-state index contributed by atoms with van der Waals surface area (Å²) in [6.07, 6.45) is 0.904. The van der Waals surface area contributed by atoms with E-state index in [-0.39, 0.29) is 6.04 Å². The first-order valence-electron chi connectivity index (χ1n) is 3.72. The molecule has 1 aromatic heterocycles. The molecule has 0 spiro atoms. The van der Waals surface area contributed by atoms with Crippen LogP contribution in [0.5, 0.6) is 0 Å². The minimum absolute atomic E-state index is 0.0365. The molecule has 0 saturated carbocycles. The number of nitrogens with two attached hydrogens (primary N) is 1. The van der Waals surface area contributed by atoms with Crippen molar-refractivity contribution in [3.8, 4) is 0 Å². The van der Waals surface area contributed by atoms with Gasteiger partial charge in [-0.15, -0.1) is 0 Å². The van der Waals surface area contributed by atoms with E-state index in [0.29, 0.717) is 0 Å². The molecule has 4 heteroatoms. The van der Waals surface area contributed by atoms with Crippen LogP contribution >= 0.6 is 31.9 Å². The van der Waals surface area contributed by atoms with Gasteiger partial charge in [-0.3, -0.25) is 0 Å². The Bertz CT molecular complexity index is 276. The van der Waals surface area contributed by atoms with Crippen LogP contribution < -0.4 is 5.73 Å². The molecule has 0 aromatic carbocycles. The number of aromatic nitrogens is 1. The second-order valence-electron chi connectivity index (χ2n) is 2.52. The maximum atomic E-state index is 5.81. The Hall–Kier alpha value is 0.0700. The van der Waals surface area contributed by atoms with Crippen LogP contribution in [0, 0.1) is 0 Å². The van der Waals surface area contributed by atoms with E-state index in [9.17, 15) is 0 Å². The fourth-order valence-corrected chi connectivity index (χ4v) is 1.40. The molecule has 0 amide bonds. The number of hydrogen-bond donors (Lipinski definition) is 1. The Kier molecular flexibility index (Phi) is 3.68. The average molecular weight is 294 g/mol. The highest BCUT2D eigenvalue weighted by molar-refractivity contribution is 9.13. The van der Waals surface area contributed by atoms with Crippen LogP contribution in [-0.2, 0) is 0 Å². The van der Waals surface area contributed by atoms with Crippen molar-refractivity contribution in [1.82, 2.24) is 4.98 Å². The van der Waals surface area contributed by atoms with Crippen LogP contribution in [0.2, 0.25) is 0 Å². The normalized spacial score (nSPS) is 13.0. The molecular weight excluding hydrogens is 284 g/mol. The topological polar surface area (TPSA) is 38.9 Å². The lowest BCUT2D eigenvalue weighted by Gasteiger charge is -2.08. The van der Waals surface area contributed by atoms with Gasteiger partial charge in [0.25, 0.3) is 0 Å². The van der Waals surface area contributed by atoms with Gasteiger partial charge in [0.1, 0.15) is 4.60 Å². The lowest BCUT2D eigenvalue weighted by Crippen LogP contribution is -2.10. The third-order valence-electron chi connectivity index (χ3n) is 1.64. The Morgan fingerprint density at radius 2 is 2.17 bits per heavy atom. The molecule has 0 unspecified atom stereocenters. The minimum atomic E-state index is 0.0365. The zero-order chi connectivity index (χ0) is 9.14. The van der Waals surface area contributed by atoms with Crippen LogP contribution in [0.15, 0.2) is 21.2 Å². The van der Waals surface area contributed by atoms with E-state index in [4.69, 9.17) is 5.73 Å². The van der Waals surface area contributed by atoms with Crippen molar-refractivity contribution in [2.45, 2.75) is 19.4 Å². The molecule has 1 aromatic rings. The first-order chi connectivity index (χ1) is 5.65. The third kappa shape index (κ3) is 2.28. The van der Waals surface area contributed by atoms with Gasteiger partial charge < -0.3 is 5.73 Å². The van der Waals surface area contributed by atoms with Crippen LogP contribution in [0.4, 0.5) is 0 Å². The highest BCUT2D eigenvalue weighted by atomic mass is 79.9. The van der Waals surface area contributed by atoms with Gasteiger partial charge in [0.2, 0.25) is 0 Å². The SMILES string of the molecule is CC[C@@H](N)c1ccc(Br)c(Br)n1. The van der Waals surface area contributed by atoms with Crippen LogP contribution in [-0.4, -0.2) is 4.98 Å². The first kappa shape index (κ1) is 10.2. The first-order valence-corrected chi connectivity index (χ1v) is 5.31. The maximum Gasteiger partial charge on any atom is 0.120 e. The van der Waals surface area contributed by atoms with E-state index >= 15 is 0 Å². The Morgan fingerprint density at radius 3 is 2.67 bits per heavy atom. The summed E-state index contributed by atoms with van der Waals surface area (Å²) in [7, 11) is 0. The standard InChI is InChI=1S/C8H10Br2N2/c1-2-6(11)7-4-3-5(9)8(10)12-7/h3-4,6H,2,11H2,1H3/t6-/m1/s1. The molecule has 0 saturated heterocycles. The predicted octanol–water partition coefficient (Wildman–Crippen LogP) is 3.02. The fourth-order valence-electron chi connectivity index (χ4n) is 0.847. The molecule has 66 valence electrons. The summed E-state index contributed by atoms with van der Waals surface area (Å²) >= 11 is 6.68. The van der Waals surface area contributed by atoms with Crippen molar-refractivity contribution in [3.63, 3.8) is 0 Å². The third-order valence-corrected chi connectivity index (χ3v) is 3.42. The van der Waals surface area contributed by atoms with E-state index in [0.717, 1.165) is 21.2 Å². The van der Waals surface area contributed by atoms with Gasteiger partial charge in [-0.25, -0.2) is 4.98 Å². The highest BCUT2D eigenvalue weighted by Gasteiger charge is 2.06. The van der Waals surface area contributed by atoms with Gasteiger partial charge in [0.05, 0.1) is 10.2 Å². The van der Waals surface area contributed by atoms with Crippen molar-refractivity contribution in [3.05, 3.63) is 26.9 Å². The van der Waals surface area contributed by atoms with Crippen LogP contribution in [0.3, 0.4) is 0 Å². The number of rotatable bonds is 2. The van der Waals surface area contributed by atoms with E-state index in [1.807, 2.05) is 19.1 Å². The molecule has 0 aliphatic rings. The molecule has 2 N–H and O–H groups in total. The molecule has 0 bridgehead atoms. The van der Waals surface area contributed by atoms with Crippen molar-refractivity contribution in [2.24, 2.45) is 5.73 Å². The van der Waals surface area contributed by atoms with Crippen molar-refractivity contribution in [1.29, 1.82) is 0 Å². The Morgan fingerprint density at radius 1 is 1.50 bits per heavy atom. The monoisotopic (exact) mass is 292 g/mol. The largest absolute Gasteiger partial charge is 0.323 e. The summed E-state index contributed by atoms with van der Waals surface area (Å²) in [5.74, 6) is 0. The minimum Gasteiger partial charge on any atom is -0.323 e. The Balaban J connectivity index is 2.96. The zero-order valence-corrected chi connectivity index (χ0v) is 9.89. The molecule has 12 heavy (non-hydrogen) atoms. The van der Waals surface area contributed by atoms with Gasteiger partial charge in [0, 0.05) is 6.04 Å². The highest BCUT2D eigenvalue weighted by Crippen LogP contribution is 2.22. The summed E-state index contributed by atoms with van der Waals surface area (Å²) in [6.45, 7) is 2.04. The average Bonchev–Trinajstić information content (AvgIpc) is 2.08. The van der Waals surface area contributed by atoms with Gasteiger partial charge in [-0.2, -0.15) is 0 Å². The molecule has 0 fully saturated rings. The molecule has 0 radical (unpaired) electrons. The molecule has 0 aliphatic heterocycles. The van der Waals surface area contributed by atoms with Gasteiger partial charge >= 0.3 is 0 Å². The summed E-state index contributed by atoms with van der Waals surface area (Å²) < 4.78 is 1.76. The molecule has 2 nitrogen and oxygen atoms in total. The molecule has 1 heterocycles. The lowest BCUT2D eigenvalue weighted by molar-refractivity contribution is 0.673. The predicted molar refractivity (Wildman–Crippen MR) is 56.9 cm³/mol. The summed E-state index contributed by atoms with van der Waals surface area (Å²) in [5, 5.41) is 0. The van der Waals surface area contributed by atoms with Gasteiger partial charge in [-0.05, 0) is 50.4 Å². The Labute approximate surface area is 88.8 Å².